The highest BCUT2D eigenvalue weighted by Crippen LogP contribution is 2.24. The summed E-state index contributed by atoms with van der Waals surface area (Å²) in [6.07, 6.45) is 0.866. The summed E-state index contributed by atoms with van der Waals surface area (Å²) in [5.41, 5.74) is 1.16. The molecule has 0 fully saturated rings. The fourth-order valence-electron chi connectivity index (χ4n) is 3.58. The van der Waals surface area contributed by atoms with Crippen LogP contribution in [0.4, 0.5) is 0 Å². The van der Waals surface area contributed by atoms with E-state index < -0.39 is 0 Å². The zero-order valence-electron chi connectivity index (χ0n) is 17.8. The summed E-state index contributed by atoms with van der Waals surface area (Å²) in [4.78, 5) is 30.6. The molecule has 1 aromatic carbocycles. The highest BCUT2D eigenvalue weighted by Gasteiger charge is 2.17. The standard InChI is InChI=1S/C21H21N7O2S2/c1-12(2)8-9-26-18(30)15-6-4-5-7-16(15)27-19(26)23-24-21(27)31-11-14-10-17(29)28-20(22-14)32-13(3)25-28/h4-7,10,12H,8-9,11H2,1-3H3. The maximum Gasteiger partial charge on any atom is 0.275 e. The molecule has 0 aliphatic carbocycles. The van der Waals surface area contributed by atoms with Crippen LogP contribution < -0.4 is 11.1 Å². The molecule has 0 bridgehead atoms. The molecule has 11 heteroatoms. The molecule has 0 saturated carbocycles. The van der Waals surface area contributed by atoms with Crippen LogP contribution in [0, 0.1) is 12.8 Å². The smallest absolute Gasteiger partial charge is 0.275 e. The van der Waals surface area contributed by atoms with Crippen molar-refractivity contribution in [3.8, 4) is 0 Å². The third-order valence-electron chi connectivity index (χ3n) is 5.16. The van der Waals surface area contributed by atoms with Crippen LogP contribution in [0.25, 0.3) is 21.6 Å². The minimum atomic E-state index is -0.200. The Morgan fingerprint density at radius 3 is 2.78 bits per heavy atom. The molecule has 5 rings (SSSR count). The number of para-hydroxylation sites is 1. The van der Waals surface area contributed by atoms with Gasteiger partial charge in [0.25, 0.3) is 11.1 Å². The third kappa shape index (κ3) is 3.61. The van der Waals surface area contributed by atoms with Gasteiger partial charge in [0.1, 0.15) is 5.01 Å². The van der Waals surface area contributed by atoms with Crippen molar-refractivity contribution in [1.82, 2.24) is 33.8 Å². The number of aromatic nitrogens is 7. The topological polar surface area (TPSA) is 99.5 Å². The molecule has 0 atom stereocenters. The third-order valence-corrected chi connectivity index (χ3v) is 6.94. The van der Waals surface area contributed by atoms with Gasteiger partial charge < -0.3 is 0 Å². The van der Waals surface area contributed by atoms with E-state index in [0.717, 1.165) is 16.9 Å². The quantitative estimate of drug-likeness (QED) is 0.354. The van der Waals surface area contributed by atoms with E-state index in [-0.39, 0.29) is 11.1 Å². The van der Waals surface area contributed by atoms with Crippen molar-refractivity contribution < 1.29 is 0 Å². The summed E-state index contributed by atoms with van der Waals surface area (Å²) >= 11 is 2.81. The summed E-state index contributed by atoms with van der Waals surface area (Å²) < 4.78 is 4.95. The average molecular weight is 468 g/mol. The second kappa shape index (κ2) is 8.14. The summed E-state index contributed by atoms with van der Waals surface area (Å²) in [5.74, 6) is 1.43. The molecule has 9 nitrogen and oxygen atoms in total. The largest absolute Gasteiger partial charge is 0.276 e. The van der Waals surface area contributed by atoms with Gasteiger partial charge in [0.05, 0.1) is 16.6 Å². The van der Waals surface area contributed by atoms with E-state index in [1.54, 1.807) is 4.57 Å². The molecule has 4 aromatic heterocycles. The van der Waals surface area contributed by atoms with Crippen molar-refractivity contribution in [2.24, 2.45) is 5.92 Å². The lowest BCUT2D eigenvalue weighted by Crippen LogP contribution is -2.24. The predicted octanol–water partition coefficient (Wildman–Crippen LogP) is 3.16. The van der Waals surface area contributed by atoms with Gasteiger partial charge in [0.15, 0.2) is 5.16 Å². The molecule has 0 N–H and O–H groups in total. The Labute approximate surface area is 190 Å². The number of aryl methyl sites for hydroxylation is 2. The summed E-state index contributed by atoms with van der Waals surface area (Å²) in [5, 5.41) is 15.0. The minimum Gasteiger partial charge on any atom is -0.276 e. The molecule has 4 heterocycles. The molecular weight excluding hydrogens is 446 g/mol. The molecule has 0 unspecified atom stereocenters. The van der Waals surface area contributed by atoms with Gasteiger partial charge in [0, 0.05) is 18.4 Å². The van der Waals surface area contributed by atoms with Crippen LogP contribution >= 0.6 is 23.1 Å². The van der Waals surface area contributed by atoms with Gasteiger partial charge in [-0.25, -0.2) is 4.98 Å². The lowest BCUT2D eigenvalue weighted by Gasteiger charge is -2.12. The minimum absolute atomic E-state index is 0.0570. The number of rotatable bonds is 6. The first-order valence-electron chi connectivity index (χ1n) is 10.3. The number of fused-ring (bicyclic) bond motifs is 4. The number of thioether (sulfide) groups is 1. The number of benzene rings is 1. The van der Waals surface area contributed by atoms with E-state index in [4.69, 9.17) is 0 Å². The highest BCUT2D eigenvalue weighted by molar-refractivity contribution is 7.98. The lowest BCUT2D eigenvalue weighted by molar-refractivity contribution is 0.512. The van der Waals surface area contributed by atoms with E-state index in [2.05, 4.69) is 34.1 Å². The Morgan fingerprint density at radius 2 is 1.97 bits per heavy atom. The van der Waals surface area contributed by atoms with Gasteiger partial charge in [-0.3, -0.25) is 18.6 Å². The van der Waals surface area contributed by atoms with Crippen molar-refractivity contribution in [2.75, 3.05) is 0 Å². The van der Waals surface area contributed by atoms with E-state index in [1.807, 2.05) is 35.6 Å². The number of nitrogens with zero attached hydrogens (tertiary/aromatic N) is 7. The Bertz CT molecular complexity index is 1580. The maximum atomic E-state index is 13.1. The summed E-state index contributed by atoms with van der Waals surface area (Å²) in [6.45, 7) is 6.68. The molecule has 0 saturated heterocycles. The van der Waals surface area contributed by atoms with Crippen molar-refractivity contribution in [3.63, 3.8) is 0 Å². The van der Waals surface area contributed by atoms with Gasteiger partial charge in [-0.2, -0.15) is 9.61 Å². The first-order valence-corrected chi connectivity index (χ1v) is 12.1. The molecule has 32 heavy (non-hydrogen) atoms. The van der Waals surface area contributed by atoms with Gasteiger partial charge in [-0.15, -0.1) is 10.2 Å². The van der Waals surface area contributed by atoms with Crippen LogP contribution in [0.5, 0.6) is 0 Å². The van der Waals surface area contributed by atoms with Gasteiger partial charge >= 0.3 is 0 Å². The summed E-state index contributed by atoms with van der Waals surface area (Å²) in [6, 6.07) is 9.00. The van der Waals surface area contributed by atoms with Crippen molar-refractivity contribution >= 4 is 44.7 Å². The molecule has 0 radical (unpaired) electrons. The van der Waals surface area contributed by atoms with Gasteiger partial charge in [0.2, 0.25) is 10.7 Å². The predicted molar refractivity (Wildman–Crippen MR) is 126 cm³/mol. The van der Waals surface area contributed by atoms with E-state index in [0.29, 0.717) is 45.2 Å². The second-order valence-corrected chi connectivity index (χ2v) is 10.1. The SMILES string of the molecule is Cc1nn2c(=O)cc(CSc3nnc4n(CCC(C)C)c(=O)c5ccccc5n34)nc2s1. The van der Waals surface area contributed by atoms with Gasteiger partial charge in [-0.1, -0.05) is 49.1 Å². The van der Waals surface area contributed by atoms with Crippen LogP contribution in [0.1, 0.15) is 31.0 Å². The van der Waals surface area contributed by atoms with E-state index in [9.17, 15) is 9.59 Å². The Balaban J connectivity index is 1.58. The molecule has 5 aromatic rings. The van der Waals surface area contributed by atoms with Crippen LogP contribution in [0.3, 0.4) is 0 Å². The molecule has 0 aliphatic rings. The van der Waals surface area contributed by atoms with Crippen LogP contribution in [0.2, 0.25) is 0 Å². The first kappa shape index (κ1) is 20.8. The van der Waals surface area contributed by atoms with E-state index in [1.165, 1.54) is 33.7 Å². The zero-order valence-corrected chi connectivity index (χ0v) is 19.5. The highest BCUT2D eigenvalue weighted by atomic mass is 32.2. The number of hydrogen-bond acceptors (Lipinski definition) is 8. The number of hydrogen-bond donors (Lipinski definition) is 0. The van der Waals surface area contributed by atoms with Crippen molar-refractivity contribution in [2.45, 2.75) is 44.6 Å². The average Bonchev–Trinajstić information content (AvgIpc) is 3.35. The fraction of sp³-hybridized carbons (Fsp3) is 0.333. The lowest BCUT2D eigenvalue weighted by atomic mass is 10.1. The fourth-order valence-corrected chi connectivity index (χ4v) is 5.18. The Kier molecular flexibility index (Phi) is 5.30. The summed E-state index contributed by atoms with van der Waals surface area (Å²) in [7, 11) is 0. The molecule has 0 spiro atoms. The van der Waals surface area contributed by atoms with Crippen LogP contribution in [-0.4, -0.2) is 33.8 Å². The normalized spacial score (nSPS) is 12.0. The van der Waals surface area contributed by atoms with Crippen LogP contribution in [0.15, 0.2) is 45.1 Å². The first-order chi connectivity index (χ1) is 15.4. The molecule has 0 amide bonds. The molecule has 0 aliphatic heterocycles. The van der Waals surface area contributed by atoms with Crippen molar-refractivity contribution in [3.05, 3.63) is 61.7 Å². The zero-order chi connectivity index (χ0) is 22.4. The molecule has 164 valence electrons. The van der Waals surface area contributed by atoms with Crippen LogP contribution in [-0.2, 0) is 12.3 Å². The van der Waals surface area contributed by atoms with E-state index >= 15 is 0 Å². The van der Waals surface area contributed by atoms with Gasteiger partial charge in [-0.05, 0) is 31.4 Å². The van der Waals surface area contributed by atoms with Crippen molar-refractivity contribution in [1.29, 1.82) is 0 Å². The Hall–Kier alpha value is -3.05. The Morgan fingerprint density at radius 1 is 1.16 bits per heavy atom. The second-order valence-electron chi connectivity index (χ2n) is 7.96. The monoisotopic (exact) mass is 467 g/mol. The maximum absolute atomic E-state index is 13.1. The molecular formula is C21H21N7O2S2.